The van der Waals surface area contributed by atoms with E-state index in [1.54, 1.807) is 0 Å². The zero-order valence-corrected chi connectivity index (χ0v) is 15.3. The summed E-state index contributed by atoms with van der Waals surface area (Å²) in [7, 11) is 0. The summed E-state index contributed by atoms with van der Waals surface area (Å²) in [5.41, 5.74) is 1.22. The van der Waals surface area contributed by atoms with Crippen molar-refractivity contribution in [2.45, 2.75) is 46.0 Å². The normalized spacial score (nSPS) is 19.5. The van der Waals surface area contributed by atoms with Crippen LogP contribution in [0.25, 0.3) is 0 Å². The minimum absolute atomic E-state index is 0. The standard InChI is InChI=1S/C10H14NO.C4H8S2.Pt/c1-2-5-9(6-3-1)10-11-7-4-8-12-10;1-3(5)4(2)6;/h1-5,7-8H2;5-6H,1-2H3;/q-1;;/p-2/b;4-3-;. The molecule has 0 aromatic carbocycles. The van der Waals surface area contributed by atoms with Crippen molar-refractivity contribution in [1.29, 1.82) is 0 Å². The second-order valence-electron chi connectivity index (χ2n) is 4.36. The van der Waals surface area contributed by atoms with Crippen molar-refractivity contribution in [1.82, 2.24) is 0 Å². The average Bonchev–Trinajstić information content (AvgIpc) is 2.41. The second kappa shape index (κ2) is 10.8. The SMILES string of the molecule is C/C([S-])=C(\C)[S-].[C-]1=C(C2=NCCCO2)CCCC1.[Pt]. The molecule has 112 valence electrons. The summed E-state index contributed by atoms with van der Waals surface area (Å²) < 4.78 is 5.47. The van der Waals surface area contributed by atoms with Gasteiger partial charge in [0.15, 0.2) is 0 Å². The van der Waals surface area contributed by atoms with Crippen molar-refractivity contribution >= 4 is 31.2 Å². The van der Waals surface area contributed by atoms with Crippen molar-refractivity contribution in [2.24, 2.45) is 4.99 Å². The Morgan fingerprint density at radius 1 is 1.16 bits per heavy atom. The van der Waals surface area contributed by atoms with Gasteiger partial charge in [0.2, 0.25) is 0 Å². The molecule has 0 bridgehead atoms. The molecule has 2 aliphatic rings. The minimum atomic E-state index is 0. The Morgan fingerprint density at radius 2 is 1.84 bits per heavy atom. The van der Waals surface area contributed by atoms with E-state index >= 15 is 0 Å². The molecule has 0 aromatic rings. The summed E-state index contributed by atoms with van der Waals surface area (Å²) in [6, 6.07) is 0. The van der Waals surface area contributed by atoms with Gasteiger partial charge in [0.1, 0.15) is 0 Å². The van der Waals surface area contributed by atoms with Gasteiger partial charge in [-0.05, 0) is 6.42 Å². The molecule has 2 nitrogen and oxygen atoms in total. The summed E-state index contributed by atoms with van der Waals surface area (Å²) in [4.78, 5) is 6.00. The molecule has 1 heterocycles. The summed E-state index contributed by atoms with van der Waals surface area (Å²) in [6.45, 7) is 5.43. The van der Waals surface area contributed by atoms with Crippen LogP contribution in [0.1, 0.15) is 46.0 Å². The minimum Gasteiger partial charge on any atom is -0.786 e. The molecule has 5 heteroatoms. The molecule has 0 saturated heterocycles. The van der Waals surface area contributed by atoms with Crippen molar-refractivity contribution < 1.29 is 25.8 Å². The maximum Gasteiger partial charge on any atom is 0.0680 e. The Bertz CT molecular complexity index is 322. The fourth-order valence-electron chi connectivity index (χ4n) is 1.58. The van der Waals surface area contributed by atoms with E-state index in [2.05, 4.69) is 36.3 Å². The van der Waals surface area contributed by atoms with Crippen LogP contribution in [0.4, 0.5) is 0 Å². The number of rotatable bonds is 1. The van der Waals surface area contributed by atoms with Gasteiger partial charge in [-0.1, -0.05) is 33.1 Å². The van der Waals surface area contributed by atoms with E-state index in [9.17, 15) is 0 Å². The largest absolute Gasteiger partial charge is 0.786 e. The van der Waals surface area contributed by atoms with E-state index in [4.69, 9.17) is 4.74 Å². The molecule has 0 fully saturated rings. The van der Waals surface area contributed by atoms with Crippen LogP contribution in [0, 0.1) is 6.08 Å². The molecule has 2 rings (SSSR count). The third-order valence-corrected chi connectivity index (χ3v) is 3.48. The average molecular weight is 478 g/mol. The topological polar surface area (TPSA) is 21.6 Å². The molecule has 0 unspecified atom stereocenters. The van der Waals surface area contributed by atoms with Gasteiger partial charge < -0.3 is 35.0 Å². The first kappa shape index (κ1) is 19.1. The van der Waals surface area contributed by atoms with Crippen LogP contribution < -0.4 is 0 Å². The van der Waals surface area contributed by atoms with Crippen LogP contribution in [0.3, 0.4) is 0 Å². The van der Waals surface area contributed by atoms with Crippen LogP contribution in [-0.4, -0.2) is 19.0 Å². The van der Waals surface area contributed by atoms with Gasteiger partial charge in [-0.25, -0.2) is 9.81 Å². The van der Waals surface area contributed by atoms with Crippen LogP contribution >= 0.6 is 0 Å². The molecule has 19 heavy (non-hydrogen) atoms. The van der Waals surface area contributed by atoms with Crippen LogP contribution in [0.2, 0.25) is 0 Å². The molecule has 0 atom stereocenters. The number of allylic oxidation sites excluding steroid dienone is 3. The first-order chi connectivity index (χ1) is 8.61. The molecular formula is C14H20NOPtS2-3. The third-order valence-electron chi connectivity index (χ3n) is 2.74. The van der Waals surface area contributed by atoms with Gasteiger partial charge in [0.05, 0.1) is 12.5 Å². The van der Waals surface area contributed by atoms with Crippen LogP contribution in [0.5, 0.6) is 0 Å². The van der Waals surface area contributed by atoms with E-state index in [0.717, 1.165) is 48.1 Å². The van der Waals surface area contributed by atoms with E-state index in [0.29, 0.717) is 0 Å². The van der Waals surface area contributed by atoms with E-state index in [-0.39, 0.29) is 21.1 Å². The maximum absolute atomic E-state index is 5.47. The van der Waals surface area contributed by atoms with E-state index in [1.165, 1.54) is 18.4 Å². The van der Waals surface area contributed by atoms with Crippen molar-refractivity contribution in [3.8, 4) is 0 Å². The summed E-state index contributed by atoms with van der Waals surface area (Å²) >= 11 is 9.36. The van der Waals surface area contributed by atoms with Gasteiger partial charge in [0.25, 0.3) is 0 Å². The zero-order valence-electron chi connectivity index (χ0n) is 11.4. The molecule has 0 radical (unpaired) electrons. The van der Waals surface area contributed by atoms with Crippen LogP contribution in [0.15, 0.2) is 20.4 Å². The monoisotopic (exact) mass is 477 g/mol. The summed E-state index contributed by atoms with van der Waals surface area (Å²) in [5.74, 6) is 0.876. The Labute approximate surface area is 142 Å². The van der Waals surface area contributed by atoms with Gasteiger partial charge >= 0.3 is 0 Å². The van der Waals surface area contributed by atoms with Gasteiger partial charge in [-0.2, -0.15) is 5.57 Å². The first-order valence-electron chi connectivity index (χ1n) is 6.40. The predicted octanol–water partition coefficient (Wildman–Crippen LogP) is 3.44. The number of hydrogen-bond acceptors (Lipinski definition) is 4. The zero-order chi connectivity index (χ0) is 13.4. The number of nitrogens with zero attached hydrogens (tertiary/aromatic N) is 1. The Balaban J connectivity index is 0.000000404. The molecule has 0 aromatic heterocycles. The molecule has 1 aliphatic heterocycles. The number of ether oxygens (including phenoxy) is 1. The maximum atomic E-state index is 5.47. The molecule has 0 amide bonds. The smallest absolute Gasteiger partial charge is 0.0680 e. The Kier molecular flexibility index (Phi) is 10.9. The first-order valence-corrected chi connectivity index (χ1v) is 7.21. The summed E-state index contributed by atoms with van der Waals surface area (Å²) in [6.07, 6.45) is 9.15. The molecule has 0 N–H and O–H groups in total. The van der Waals surface area contributed by atoms with Crippen molar-refractivity contribution in [2.75, 3.05) is 13.2 Å². The molecule has 0 saturated carbocycles. The molecule has 0 spiro atoms. The van der Waals surface area contributed by atoms with E-state index < -0.39 is 0 Å². The van der Waals surface area contributed by atoms with Gasteiger partial charge in [-0.15, -0.1) is 6.42 Å². The quantitative estimate of drug-likeness (QED) is 0.427. The second-order valence-corrected chi connectivity index (χ2v) is 5.59. The predicted molar refractivity (Wildman–Crippen MR) is 81.2 cm³/mol. The molecule has 1 aliphatic carbocycles. The van der Waals surface area contributed by atoms with Gasteiger partial charge in [-0.3, -0.25) is 6.08 Å². The summed E-state index contributed by atoms with van der Waals surface area (Å²) in [5, 5.41) is 0. The number of aliphatic imine (C=N–C) groups is 1. The van der Waals surface area contributed by atoms with Crippen molar-refractivity contribution in [3.05, 3.63) is 21.5 Å². The fourth-order valence-corrected chi connectivity index (χ4v) is 1.58. The van der Waals surface area contributed by atoms with Crippen molar-refractivity contribution in [3.63, 3.8) is 0 Å². The van der Waals surface area contributed by atoms with E-state index in [1.807, 2.05) is 13.8 Å². The van der Waals surface area contributed by atoms with Crippen LogP contribution in [-0.2, 0) is 51.1 Å². The molecular weight excluding hydrogens is 457 g/mol. The van der Waals surface area contributed by atoms with Gasteiger partial charge in [0, 0.05) is 27.6 Å². The number of hydrogen-bond donors (Lipinski definition) is 0. The Hall–Kier alpha value is 0.0783. The third kappa shape index (κ3) is 8.06. The fraction of sp³-hybridized carbons (Fsp3) is 0.643. The Morgan fingerprint density at radius 3 is 2.26 bits per heavy atom.